The van der Waals surface area contributed by atoms with Crippen LogP contribution in [0.1, 0.15) is 25.6 Å². The van der Waals surface area contributed by atoms with E-state index in [0.717, 1.165) is 16.2 Å². The fraction of sp³-hybridized carbons (Fsp3) is 0.286. The molecule has 1 heterocycles. The first kappa shape index (κ1) is 13.8. The second-order valence-electron chi connectivity index (χ2n) is 4.32. The molecule has 19 heavy (non-hydrogen) atoms. The van der Waals surface area contributed by atoms with E-state index < -0.39 is 0 Å². The van der Waals surface area contributed by atoms with Crippen LogP contribution >= 0.6 is 15.9 Å². The second kappa shape index (κ2) is 6.02. The van der Waals surface area contributed by atoms with E-state index in [0.29, 0.717) is 11.6 Å². The standard InChI is InChI=1S/C14H15BrN2O2/c1-9(2)14-16-12(15)8-13(17-14)19-11-6-4-10(18-3)5-7-11/h4-9H,1-3H3. The number of benzene rings is 1. The molecule has 0 unspecified atom stereocenters. The highest BCUT2D eigenvalue weighted by molar-refractivity contribution is 9.10. The van der Waals surface area contributed by atoms with Crippen LogP contribution in [0.4, 0.5) is 0 Å². The number of ether oxygens (including phenoxy) is 2. The second-order valence-corrected chi connectivity index (χ2v) is 5.13. The minimum atomic E-state index is 0.246. The minimum Gasteiger partial charge on any atom is -0.497 e. The summed E-state index contributed by atoms with van der Waals surface area (Å²) in [4.78, 5) is 8.68. The molecule has 4 nitrogen and oxygen atoms in total. The smallest absolute Gasteiger partial charge is 0.223 e. The van der Waals surface area contributed by atoms with Gasteiger partial charge in [-0.15, -0.1) is 0 Å². The quantitative estimate of drug-likeness (QED) is 0.793. The summed E-state index contributed by atoms with van der Waals surface area (Å²) in [7, 11) is 1.63. The number of aromatic nitrogens is 2. The molecule has 0 N–H and O–H groups in total. The van der Waals surface area contributed by atoms with Gasteiger partial charge in [-0.25, -0.2) is 4.98 Å². The molecule has 0 spiro atoms. The van der Waals surface area contributed by atoms with E-state index in [1.54, 1.807) is 13.2 Å². The van der Waals surface area contributed by atoms with Crippen LogP contribution in [0.3, 0.4) is 0 Å². The van der Waals surface area contributed by atoms with Crippen molar-refractivity contribution in [1.29, 1.82) is 0 Å². The van der Waals surface area contributed by atoms with Gasteiger partial charge in [0.1, 0.15) is 21.9 Å². The average Bonchev–Trinajstić information content (AvgIpc) is 2.39. The summed E-state index contributed by atoms with van der Waals surface area (Å²) in [6, 6.07) is 9.10. The maximum atomic E-state index is 5.71. The molecule has 0 saturated heterocycles. The van der Waals surface area contributed by atoms with Crippen molar-refractivity contribution in [2.24, 2.45) is 0 Å². The van der Waals surface area contributed by atoms with Crippen LogP contribution < -0.4 is 9.47 Å². The summed E-state index contributed by atoms with van der Waals surface area (Å²) < 4.78 is 11.5. The minimum absolute atomic E-state index is 0.246. The van der Waals surface area contributed by atoms with Crippen LogP contribution in [0.25, 0.3) is 0 Å². The fourth-order valence-electron chi connectivity index (χ4n) is 1.49. The Kier molecular flexibility index (Phi) is 4.37. The number of methoxy groups -OCH3 is 1. The van der Waals surface area contributed by atoms with Gasteiger partial charge in [-0.1, -0.05) is 13.8 Å². The van der Waals surface area contributed by atoms with E-state index in [1.165, 1.54) is 0 Å². The molecule has 1 aromatic carbocycles. The maximum Gasteiger partial charge on any atom is 0.223 e. The molecule has 100 valence electrons. The topological polar surface area (TPSA) is 44.2 Å². The number of nitrogens with zero attached hydrogens (tertiary/aromatic N) is 2. The van der Waals surface area contributed by atoms with Crippen molar-refractivity contribution < 1.29 is 9.47 Å². The zero-order valence-electron chi connectivity index (χ0n) is 11.1. The van der Waals surface area contributed by atoms with Crippen molar-refractivity contribution in [2.75, 3.05) is 7.11 Å². The Hall–Kier alpha value is -1.62. The molecule has 0 aliphatic rings. The normalized spacial score (nSPS) is 10.6. The molecule has 2 aromatic rings. The Morgan fingerprint density at radius 1 is 1.05 bits per heavy atom. The van der Waals surface area contributed by atoms with Gasteiger partial charge in [0.15, 0.2) is 0 Å². The van der Waals surface area contributed by atoms with Crippen molar-refractivity contribution in [1.82, 2.24) is 9.97 Å². The van der Waals surface area contributed by atoms with E-state index in [2.05, 4.69) is 25.9 Å². The van der Waals surface area contributed by atoms with Gasteiger partial charge in [-0.2, -0.15) is 4.98 Å². The summed E-state index contributed by atoms with van der Waals surface area (Å²) >= 11 is 3.37. The summed E-state index contributed by atoms with van der Waals surface area (Å²) in [6.45, 7) is 4.08. The molecule has 0 aliphatic heterocycles. The molecule has 0 bridgehead atoms. The van der Waals surface area contributed by atoms with E-state index >= 15 is 0 Å². The molecular formula is C14H15BrN2O2. The fourth-order valence-corrected chi connectivity index (χ4v) is 1.87. The number of hydrogen-bond donors (Lipinski definition) is 0. The predicted octanol–water partition coefficient (Wildman–Crippen LogP) is 4.16. The van der Waals surface area contributed by atoms with Crippen molar-refractivity contribution in [2.45, 2.75) is 19.8 Å². The third kappa shape index (κ3) is 3.67. The highest BCUT2D eigenvalue weighted by atomic mass is 79.9. The van der Waals surface area contributed by atoms with Gasteiger partial charge in [0.2, 0.25) is 5.88 Å². The molecular weight excluding hydrogens is 308 g/mol. The van der Waals surface area contributed by atoms with Crippen molar-refractivity contribution >= 4 is 15.9 Å². The first-order valence-electron chi connectivity index (χ1n) is 5.95. The lowest BCUT2D eigenvalue weighted by Gasteiger charge is -2.09. The van der Waals surface area contributed by atoms with Gasteiger partial charge >= 0.3 is 0 Å². The van der Waals surface area contributed by atoms with Gasteiger partial charge in [-0.3, -0.25) is 0 Å². The average molecular weight is 323 g/mol. The lowest BCUT2D eigenvalue weighted by atomic mass is 10.2. The highest BCUT2D eigenvalue weighted by Crippen LogP contribution is 2.25. The number of halogens is 1. The Morgan fingerprint density at radius 3 is 2.26 bits per heavy atom. The van der Waals surface area contributed by atoms with Crippen LogP contribution in [0.5, 0.6) is 17.4 Å². The predicted molar refractivity (Wildman–Crippen MR) is 76.9 cm³/mol. The van der Waals surface area contributed by atoms with Crippen LogP contribution in [0.15, 0.2) is 34.9 Å². The van der Waals surface area contributed by atoms with Crippen molar-refractivity contribution in [3.8, 4) is 17.4 Å². The van der Waals surface area contributed by atoms with Gasteiger partial charge in [0, 0.05) is 12.0 Å². The van der Waals surface area contributed by atoms with Crippen LogP contribution in [-0.4, -0.2) is 17.1 Å². The SMILES string of the molecule is COc1ccc(Oc2cc(Br)nc(C(C)C)n2)cc1. The Morgan fingerprint density at radius 2 is 1.68 bits per heavy atom. The van der Waals surface area contributed by atoms with E-state index in [9.17, 15) is 0 Å². The third-order valence-electron chi connectivity index (χ3n) is 2.49. The first-order chi connectivity index (χ1) is 9.08. The summed E-state index contributed by atoms with van der Waals surface area (Å²) in [5.41, 5.74) is 0. The van der Waals surface area contributed by atoms with Crippen LogP contribution in [0, 0.1) is 0 Å². The molecule has 0 fully saturated rings. The molecule has 5 heteroatoms. The van der Waals surface area contributed by atoms with Crippen LogP contribution in [0.2, 0.25) is 0 Å². The largest absolute Gasteiger partial charge is 0.497 e. The highest BCUT2D eigenvalue weighted by Gasteiger charge is 2.08. The van der Waals surface area contributed by atoms with Gasteiger partial charge in [0.05, 0.1) is 7.11 Å². The van der Waals surface area contributed by atoms with E-state index in [1.807, 2.05) is 38.1 Å². The van der Waals surface area contributed by atoms with E-state index in [4.69, 9.17) is 9.47 Å². The van der Waals surface area contributed by atoms with Gasteiger partial charge in [-0.05, 0) is 40.2 Å². The maximum absolute atomic E-state index is 5.71. The lowest BCUT2D eigenvalue weighted by Crippen LogP contribution is -1.99. The molecule has 1 aromatic heterocycles. The summed E-state index contributed by atoms with van der Waals surface area (Å²) in [6.07, 6.45) is 0. The third-order valence-corrected chi connectivity index (χ3v) is 2.89. The molecule has 0 atom stereocenters. The van der Waals surface area contributed by atoms with Gasteiger partial charge in [0.25, 0.3) is 0 Å². The first-order valence-corrected chi connectivity index (χ1v) is 6.74. The molecule has 2 rings (SSSR count). The monoisotopic (exact) mass is 322 g/mol. The molecule has 0 aliphatic carbocycles. The lowest BCUT2D eigenvalue weighted by molar-refractivity contribution is 0.412. The zero-order chi connectivity index (χ0) is 13.8. The van der Waals surface area contributed by atoms with Crippen molar-refractivity contribution in [3.63, 3.8) is 0 Å². The van der Waals surface area contributed by atoms with Gasteiger partial charge < -0.3 is 9.47 Å². The molecule has 0 amide bonds. The Labute approximate surface area is 120 Å². The summed E-state index contributed by atoms with van der Waals surface area (Å²) in [5, 5.41) is 0. The number of rotatable bonds is 4. The zero-order valence-corrected chi connectivity index (χ0v) is 12.6. The van der Waals surface area contributed by atoms with Crippen LogP contribution in [-0.2, 0) is 0 Å². The molecule has 0 radical (unpaired) electrons. The Balaban J connectivity index is 2.22. The van der Waals surface area contributed by atoms with E-state index in [-0.39, 0.29) is 5.92 Å². The summed E-state index contributed by atoms with van der Waals surface area (Å²) in [5.74, 6) is 3.02. The Bertz CT molecular complexity index is 556. The van der Waals surface area contributed by atoms with Crippen molar-refractivity contribution in [3.05, 3.63) is 40.8 Å². The number of hydrogen-bond acceptors (Lipinski definition) is 4. The molecule has 0 saturated carbocycles.